The molecule has 4 aliphatic heterocycles. The van der Waals surface area contributed by atoms with Crippen LogP contribution in [0.25, 0.3) is 27.1 Å². The molecule has 4 aliphatic rings. The second-order valence-corrected chi connectivity index (χ2v) is 26.3. The van der Waals surface area contributed by atoms with Crippen LogP contribution in [0.4, 0.5) is 4.79 Å². The molecule has 8 heterocycles. The summed E-state index contributed by atoms with van der Waals surface area (Å²) in [6, 6.07) is 7.99. The minimum absolute atomic E-state index is 0.0290. The third-order valence-electron chi connectivity index (χ3n) is 13.8. The van der Waals surface area contributed by atoms with Crippen molar-refractivity contribution < 1.29 is 57.3 Å². The molecule has 0 aliphatic carbocycles. The van der Waals surface area contributed by atoms with E-state index in [1.54, 1.807) is 72.9 Å². The number of allylic oxidation sites excluding steroid dienone is 1. The van der Waals surface area contributed by atoms with Gasteiger partial charge in [0.25, 0.3) is 5.91 Å². The van der Waals surface area contributed by atoms with Gasteiger partial charge >= 0.3 is 18.0 Å². The van der Waals surface area contributed by atoms with E-state index in [0.29, 0.717) is 77.9 Å². The fourth-order valence-corrected chi connectivity index (χ4v) is 14.2. The van der Waals surface area contributed by atoms with Crippen molar-refractivity contribution in [1.82, 2.24) is 51.0 Å². The zero-order valence-electron chi connectivity index (χ0n) is 49.0. The molecule has 0 unspecified atom stereocenters. The van der Waals surface area contributed by atoms with Crippen LogP contribution in [0.5, 0.6) is 0 Å². The molecule has 5 aromatic rings. The van der Waals surface area contributed by atoms with Crippen molar-refractivity contribution in [2.75, 3.05) is 31.7 Å². The average molecular weight is 1280 g/mol. The number of methoxy groups -OCH3 is 1. The molecule has 0 bridgehead atoms. The second kappa shape index (κ2) is 27.1. The molecule has 458 valence electrons. The van der Waals surface area contributed by atoms with E-state index in [4.69, 9.17) is 33.9 Å². The zero-order chi connectivity index (χ0) is 62.5. The Morgan fingerprint density at radius 1 is 0.828 bits per heavy atom. The first-order valence-electron chi connectivity index (χ1n) is 27.6. The molecule has 0 saturated carbocycles. The lowest BCUT2D eigenvalue weighted by Crippen LogP contribution is -2.56. The van der Waals surface area contributed by atoms with E-state index >= 15 is 0 Å². The van der Waals surface area contributed by atoms with Crippen molar-refractivity contribution in [3.8, 4) is 21.4 Å². The number of thiazole rings is 3. The van der Waals surface area contributed by atoms with Crippen molar-refractivity contribution >= 4 is 121 Å². The molecule has 4 N–H and O–H groups in total. The number of carbonyl (C=O) groups excluding carboxylic acids is 8. The predicted octanol–water partition coefficient (Wildman–Crippen LogP) is 6.89. The number of aliphatic imine (C=N–C) groups is 2. The Morgan fingerprint density at radius 2 is 1.48 bits per heavy atom. The van der Waals surface area contributed by atoms with Crippen LogP contribution in [0.3, 0.4) is 0 Å². The van der Waals surface area contributed by atoms with Crippen LogP contribution < -0.4 is 21.3 Å². The van der Waals surface area contributed by atoms with Gasteiger partial charge in [-0.15, -0.1) is 57.5 Å². The van der Waals surface area contributed by atoms with Crippen molar-refractivity contribution in [3.05, 3.63) is 110 Å². The van der Waals surface area contributed by atoms with E-state index in [0.717, 1.165) is 5.56 Å². The number of benzene rings is 1. The minimum Gasteiger partial charge on any atom is -0.467 e. The Morgan fingerprint density at radius 3 is 2.15 bits per heavy atom. The Bertz CT molecular complexity index is 3610. The summed E-state index contributed by atoms with van der Waals surface area (Å²) in [4.78, 5) is 139. The number of carbonyl (C=O) groups is 8. The first-order valence-corrected chi connectivity index (χ1v) is 32.2. The smallest absolute Gasteiger partial charge is 0.413 e. The van der Waals surface area contributed by atoms with Crippen molar-refractivity contribution in [2.24, 2.45) is 9.98 Å². The monoisotopic (exact) mass is 1280 g/mol. The van der Waals surface area contributed by atoms with Crippen LogP contribution in [-0.2, 0) is 54.3 Å². The number of thioether (sulfide) groups is 2. The zero-order valence-corrected chi connectivity index (χ0v) is 53.1. The molecule has 6 amide bonds. The minimum atomic E-state index is -1.20. The van der Waals surface area contributed by atoms with Gasteiger partial charge in [-0.25, -0.2) is 34.3 Å². The van der Waals surface area contributed by atoms with Gasteiger partial charge in [0, 0.05) is 34.2 Å². The maximum Gasteiger partial charge on any atom is 0.413 e. The second-order valence-electron chi connectivity index (χ2n) is 21.7. The molecule has 24 nitrogen and oxygen atoms in total. The van der Waals surface area contributed by atoms with Crippen LogP contribution in [0.15, 0.2) is 86.9 Å². The summed E-state index contributed by atoms with van der Waals surface area (Å²) in [7, 11) is 1.33. The maximum atomic E-state index is 14.3. The number of aromatic nitrogens is 4. The SMILES string of the molecule is C=C(NC(=O)[C@@H]1CSC(c2csc(-c3ccc(C(=O)OCc4ccccc4)c([C@@H](C)NC(=O)[C@@H]4CCCN4C(=O)/C(=C\C)NC(=O)CNC(=O)[C@@H]4[C@@H](C)OC(C)(C)N4C(=O)OC(C)(C)C)n3)n2)=N1)c1nc(-c2nc(C3=N[C@H](C(=O)OC)CS3)cs2)cs1. The fraction of sp³-hybridized carbons (Fsp3) is 0.414. The van der Waals surface area contributed by atoms with Gasteiger partial charge in [0.2, 0.25) is 23.6 Å². The number of likely N-dealkylation sites (tertiary alicyclic amines) is 1. The number of esters is 2. The third-order valence-corrected chi connectivity index (χ3v) is 18.6. The number of ether oxygens (including phenoxy) is 4. The lowest BCUT2D eigenvalue weighted by Gasteiger charge is -2.34. The van der Waals surface area contributed by atoms with Gasteiger partial charge in [-0.1, -0.05) is 43.0 Å². The molecule has 1 aromatic carbocycles. The molecule has 2 fully saturated rings. The van der Waals surface area contributed by atoms with E-state index in [1.165, 1.54) is 80.5 Å². The highest BCUT2D eigenvalue weighted by molar-refractivity contribution is 8.15. The standard InChI is InChI=1S/C58H64N12O12S5/c1-11-34(62-42(71)22-59-47(74)44-31(4)81-58(8,9)70(44)56(78)82-57(5,6)7)53(75)69-21-15-18-41(69)46(73)60-29(2)43-33(54(76)80-23-32-16-13-12-14-17-32)19-20-35(63-43)49-66-38(26-85-49)50-64-36(24-84-50)45(72)61-30(3)48-65-37(25-83-48)51-67-39(27-86-51)52-68-40(28-87-52)55(77)79-10/h11-14,16-17,19-20,25-27,29,31,36,40-41,44H,3,15,18,21-24,28H2,1-2,4-10H3,(H,59,74)(H,60,73)(H,61,72)(H,62,71)/b34-11+/t29-,31-,36+,40+,41+,44+/m1/s1. The van der Waals surface area contributed by atoms with Gasteiger partial charge in [-0.05, 0) is 85.9 Å². The number of hydrogen-bond donors (Lipinski definition) is 4. The molecular formula is C58H64N12O12S5. The summed E-state index contributed by atoms with van der Waals surface area (Å²) in [5.41, 5.74) is 1.29. The number of pyridine rings is 1. The van der Waals surface area contributed by atoms with E-state index in [9.17, 15) is 38.4 Å². The van der Waals surface area contributed by atoms with Crippen molar-refractivity contribution in [1.29, 1.82) is 0 Å². The lowest BCUT2D eigenvalue weighted by molar-refractivity contribution is -0.141. The van der Waals surface area contributed by atoms with Gasteiger partial charge in [0.1, 0.15) is 83.9 Å². The number of nitrogens with zero attached hydrogens (tertiary/aromatic N) is 8. The first-order chi connectivity index (χ1) is 41.4. The topological polar surface area (TPSA) is 304 Å². The van der Waals surface area contributed by atoms with Gasteiger partial charge < -0.3 is 45.1 Å². The molecule has 0 spiro atoms. The molecular weight excluding hydrogens is 1220 g/mol. The van der Waals surface area contributed by atoms with Crippen LogP contribution in [0.2, 0.25) is 0 Å². The van der Waals surface area contributed by atoms with E-state index in [1.807, 2.05) is 41.1 Å². The highest BCUT2D eigenvalue weighted by atomic mass is 32.2. The van der Waals surface area contributed by atoms with Gasteiger partial charge in [0.15, 0.2) is 6.04 Å². The van der Waals surface area contributed by atoms with Crippen molar-refractivity contribution in [2.45, 2.75) is 122 Å². The Hall–Kier alpha value is -7.70. The summed E-state index contributed by atoms with van der Waals surface area (Å²) in [5.74, 6) is -3.20. The number of rotatable bonds is 19. The third kappa shape index (κ3) is 15.0. The summed E-state index contributed by atoms with van der Waals surface area (Å²) in [6.07, 6.45) is 0.648. The molecule has 2 saturated heterocycles. The largest absolute Gasteiger partial charge is 0.467 e. The molecule has 87 heavy (non-hydrogen) atoms. The quantitative estimate of drug-likeness (QED) is 0.0371. The normalized spacial score (nSPS) is 20.2. The molecule has 9 rings (SSSR count). The summed E-state index contributed by atoms with van der Waals surface area (Å²) >= 11 is 6.76. The van der Waals surface area contributed by atoms with Crippen LogP contribution in [0, 0.1) is 0 Å². The van der Waals surface area contributed by atoms with Gasteiger partial charge in [-0.2, -0.15) is 0 Å². The number of hydrogen-bond acceptors (Lipinski definition) is 23. The van der Waals surface area contributed by atoms with E-state index in [-0.39, 0.29) is 36.0 Å². The first kappa shape index (κ1) is 63.8. The van der Waals surface area contributed by atoms with Gasteiger partial charge in [0.05, 0.1) is 48.4 Å². The predicted molar refractivity (Wildman–Crippen MR) is 332 cm³/mol. The molecule has 29 heteroatoms. The van der Waals surface area contributed by atoms with E-state index in [2.05, 4.69) is 42.8 Å². The molecule has 4 aromatic heterocycles. The van der Waals surface area contributed by atoms with Crippen LogP contribution >= 0.6 is 57.5 Å². The highest BCUT2D eigenvalue weighted by Gasteiger charge is 2.53. The van der Waals surface area contributed by atoms with Crippen molar-refractivity contribution in [3.63, 3.8) is 0 Å². The summed E-state index contributed by atoms with van der Waals surface area (Å²) < 4.78 is 22.1. The molecule has 0 radical (unpaired) electrons. The summed E-state index contributed by atoms with van der Waals surface area (Å²) in [5, 5.41) is 19.2. The molecule has 6 atom stereocenters. The Labute approximate surface area is 521 Å². The average Bonchev–Trinajstić information content (AvgIpc) is 2.03. The van der Waals surface area contributed by atoms with Crippen LogP contribution in [0.1, 0.15) is 112 Å². The summed E-state index contributed by atoms with van der Waals surface area (Å²) in [6.45, 7) is 16.9. The van der Waals surface area contributed by atoms with Crippen LogP contribution in [-0.4, -0.2) is 161 Å². The Kier molecular flexibility index (Phi) is 19.9. The van der Waals surface area contributed by atoms with Gasteiger partial charge in [-0.3, -0.25) is 38.9 Å². The Balaban J connectivity index is 0.837. The van der Waals surface area contributed by atoms with E-state index < -0.39 is 95.8 Å². The number of nitrogens with one attached hydrogen (secondary N) is 4. The maximum absolute atomic E-state index is 14.3. The lowest BCUT2D eigenvalue weighted by atomic mass is 10.1. The fourth-order valence-electron chi connectivity index (χ4n) is 9.72. The highest BCUT2D eigenvalue weighted by Crippen LogP contribution is 2.36. The number of amides is 6.